The van der Waals surface area contributed by atoms with Crippen molar-refractivity contribution in [1.29, 1.82) is 0 Å². The number of ketones is 1. The van der Waals surface area contributed by atoms with E-state index in [0.29, 0.717) is 5.29 Å². The fraction of sp³-hybridized carbons (Fsp3) is 0.0870. The third kappa shape index (κ3) is 3.39. The number of benzene rings is 3. The highest BCUT2D eigenvalue weighted by Crippen LogP contribution is 2.46. The second-order valence-electron chi connectivity index (χ2n) is 6.08. The van der Waals surface area contributed by atoms with Crippen LogP contribution in [0.25, 0.3) is 0 Å². The summed E-state index contributed by atoms with van der Waals surface area (Å²) in [6, 6.07) is 29.8. The summed E-state index contributed by atoms with van der Waals surface area (Å²) < 4.78 is 4.74. The van der Waals surface area contributed by atoms with Crippen LogP contribution < -0.4 is 15.9 Å². The Labute approximate surface area is 159 Å². The summed E-state index contributed by atoms with van der Waals surface area (Å²) in [5.41, 5.74) is 0. The summed E-state index contributed by atoms with van der Waals surface area (Å²) in [7, 11) is 1.24. The first kappa shape index (κ1) is 18.9. The predicted octanol–water partition coefficient (Wildman–Crippen LogP) is 2.91. The normalized spacial score (nSPS) is 10.9. The molecular formula is C23H21O3P. The summed E-state index contributed by atoms with van der Waals surface area (Å²) in [4.78, 5) is 25.1. The lowest BCUT2D eigenvalue weighted by atomic mass is 10.3. The van der Waals surface area contributed by atoms with Gasteiger partial charge in [0, 0.05) is 5.29 Å². The first-order valence-electron chi connectivity index (χ1n) is 8.65. The molecule has 3 nitrogen and oxygen atoms in total. The molecule has 27 heavy (non-hydrogen) atoms. The Morgan fingerprint density at radius 3 is 1.30 bits per heavy atom. The van der Waals surface area contributed by atoms with Crippen molar-refractivity contribution in [3.8, 4) is 0 Å². The van der Waals surface area contributed by atoms with E-state index in [1.807, 2.05) is 91.0 Å². The van der Waals surface area contributed by atoms with Gasteiger partial charge in [0.2, 0.25) is 0 Å². The van der Waals surface area contributed by atoms with Gasteiger partial charge in [0.25, 0.3) is 5.78 Å². The third-order valence-corrected chi connectivity index (χ3v) is 9.06. The first-order valence-corrected chi connectivity index (χ1v) is 10.4. The van der Waals surface area contributed by atoms with Crippen LogP contribution in [0, 0.1) is 0 Å². The van der Waals surface area contributed by atoms with Gasteiger partial charge in [-0.15, -0.1) is 0 Å². The van der Waals surface area contributed by atoms with Gasteiger partial charge in [-0.2, -0.15) is 0 Å². The minimum atomic E-state index is -2.50. The zero-order valence-corrected chi connectivity index (χ0v) is 16.2. The summed E-state index contributed by atoms with van der Waals surface area (Å²) in [6.07, 6.45) is 0. The molecule has 136 valence electrons. The molecule has 4 heteroatoms. The van der Waals surface area contributed by atoms with E-state index in [9.17, 15) is 9.59 Å². The molecule has 0 aliphatic heterocycles. The summed E-state index contributed by atoms with van der Waals surface area (Å²) in [5, 5.41) is 3.59. The predicted molar refractivity (Wildman–Crippen MR) is 113 cm³/mol. The highest BCUT2D eigenvalue weighted by Gasteiger charge is 2.33. The number of carbonyl (C=O) groups excluding carboxylic acids is 2. The zero-order chi connectivity index (χ0) is 19.3. The smallest absolute Gasteiger partial charge is 0.379 e. The van der Waals surface area contributed by atoms with Crippen LogP contribution in [0.5, 0.6) is 0 Å². The summed E-state index contributed by atoms with van der Waals surface area (Å²) >= 11 is 0. The molecule has 3 aromatic rings. The Morgan fingerprint density at radius 2 is 1.00 bits per heavy atom. The fourth-order valence-corrected chi connectivity index (χ4v) is 7.69. The molecule has 0 radical (unpaired) electrons. The molecule has 0 saturated heterocycles. The average Bonchev–Trinajstić information content (AvgIpc) is 2.75. The second-order valence-corrected chi connectivity index (χ2v) is 9.65. The van der Waals surface area contributed by atoms with Crippen molar-refractivity contribution in [2.24, 2.45) is 0 Å². The highest BCUT2D eigenvalue weighted by atomic mass is 31.2. The van der Waals surface area contributed by atoms with Crippen molar-refractivity contribution in [2.45, 2.75) is 6.92 Å². The van der Waals surface area contributed by atoms with Crippen LogP contribution in [-0.4, -0.2) is 24.2 Å². The standard InChI is InChI=1S/C23H21O3P/c1-18(22(24)23(25)26-2)27(19-12-6-3-7-13-19,20-14-8-4-9-15-20)21-16-10-5-11-17-21/h3-17H,1-2H3. The molecule has 0 saturated carbocycles. The zero-order valence-electron chi connectivity index (χ0n) is 15.3. The van der Waals surface area contributed by atoms with Crippen LogP contribution in [0.1, 0.15) is 6.92 Å². The Hall–Kier alpha value is -2.90. The lowest BCUT2D eigenvalue weighted by Gasteiger charge is -2.31. The minimum Gasteiger partial charge on any atom is -0.463 e. The van der Waals surface area contributed by atoms with Crippen molar-refractivity contribution < 1.29 is 14.3 Å². The van der Waals surface area contributed by atoms with E-state index < -0.39 is 18.6 Å². The van der Waals surface area contributed by atoms with E-state index in [2.05, 4.69) is 0 Å². The lowest BCUT2D eigenvalue weighted by Crippen LogP contribution is -2.35. The molecule has 0 bridgehead atoms. The summed E-state index contributed by atoms with van der Waals surface area (Å²) in [6.45, 7) is -0.737. The van der Waals surface area contributed by atoms with E-state index in [1.165, 1.54) is 7.11 Å². The number of esters is 1. The van der Waals surface area contributed by atoms with Gasteiger partial charge in [-0.1, -0.05) is 91.0 Å². The molecule has 0 spiro atoms. The highest BCUT2D eigenvalue weighted by molar-refractivity contribution is 7.96. The quantitative estimate of drug-likeness (QED) is 0.391. The Balaban J connectivity index is 2.52. The molecule has 0 atom stereocenters. The number of hydrogen-bond donors (Lipinski definition) is 0. The van der Waals surface area contributed by atoms with Gasteiger partial charge in [0.05, 0.1) is 7.11 Å². The Bertz CT molecular complexity index is 890. The molecule has 3 aromatic carbocycles. The van der Waals surface area contributed by atoms with E-state index in [0.717, 1.165) is 15.9 Å². The van der Waals surface area contributed by atoms with Gasteiger partial charge >= 0.3 is 5.97 Å². The van der Waals surface area contributed by atoms with E-state index in [1.54, 1.807) is 6.92 Å². The van der Waals surface area contributed by atoms with Crippen molar-refractivity contribution in [2.75, 3.05) is 7.11 Å². The number of ether oxygens (including phenoxy) is 1. The van der Waals surface area contributed by atoms with E-state index >= 15 is 0 Å². The second kappa shape index (κ2) is 8.20. The number of carbonyl (C=O) groups is 2. The maximum absolute atomic E-state index is 13.0. The molecule has 0 aromatic heterocycles. The van der Waals surface area contributed by atoms with Crippen LogP contribution >= 0.6 is 6.89 Å². The molecule has 3 rings (SSSR count). The van der Waals surface area contributed by atoms with Gasteiger partial charge in [0.1, 0.15) is 0 Å². The van der Waals surface area contributed by atoms with Crippen LogP contribution in [0.2, 0.25) is 0 Å². The molecule has 0 amide bonds. The van der Waals surface area contributed by atoms with Gasteiger partial charge < -0.3 is 4.74 Å². The molecule has 0 N–H and O–H groups in total. The van der Waals surface area contributed by atoms with Crippen LogP contribution in [0.4, 0.5) is 0 Å². The van der Waals surface area contributed by atoms with Crippen molar-refractivity contribution >= 4 is 39.8 Å². The van der Waals surface area contributed by atoms with Gasteiger partial charge in [-0.05, 0) is 29.7 Å². The van der Waals surface area contributed by atoms with Gasteiger partial charge in [-0.3, -0.25) is 4.79 Å². The molecule has 0 heterocycles. The molecular weight excluding hydrogens is 355 g/mol. The lowest BCUT2D eigenvalue weighted by molar-refractivity contribution is -0.148. The summed E-state index contributed by atoms with van der Waals surface area (Å²) in [5.74, 6) is -1.41. The molecule has 0 unspecified atom stereocenters. The van der Waals surface area contributed by atoms with Gasteiger partial charge in [-0.25, -0.2) is 4.79 Å². The molecule has 0 aliphatic carbocycles. The van der Waals surface area contributed by atoms with Crippen molar-refractivity contribution in [1.82, 2.24) is 0 Å². The van der Waals surface area contributed by atoms with Gasteiger partial charge in [0.15, 0.2) is 0 Å². The van der Waals surface area contributed by atoms with Crippen LogP contribution in [0.15, 0.2) is 91.0 Å². The number of methoxy groups -OCH3 is 1. The van der Waals surface area contributed by atoms with Crippen LogP contribution in [0.3, 0.4) is 0 Å². The van der Waals surface area contributed by atoms with Crippen LogP contribution in [-0.2, 0) is 14.3 Å². The Kier molecular flexibility index (Phi) is 5.73. The number of rotatable bonds is 5. The SMILES string of the molecule is COC(=O)C(=O)C(C)=P(c1ccccc1)(c1ccccc1)c1ccccc1. The van der Waals surface area contributed by atoms with Crippen molar-refractivity contribution in [3.05, 3.63) is 91.0 Å². The molecule has 0 fully saturated rings. The maximum atomic E-state index is 13.0. The fourth-order valence-electron chi connectivity index (χ4n) is 3.38. The van der Waals surface area contributed by atoms with E-state index in [4.69, 9.17) is 4.74 Å². The monoisotopic (exact) mass is 376 g/mol. The van der Waals surface area contributed by atoms with Crippen molar-refractivity contribution in [3.63, 3.8) is 0 Å². The number of Topliss-reactive ketones (excluding diaryl/α,β-unsaturated/α-hetero) is 1. The topological polar surface area (TPSA) is 43.4 Å². The largest absolute Gasteiger partial charge is 0.463 e. The Morgan fingerprint density at radius 1 is 0.667 bits per heavy atom. The number of hydrogen-bond acceptors (Lipinski definition) is 3. The third-order valence-electron chi connectivity index (χ3n) is 4.63. The maximum Gasteiger partial charge on any atom is 0.379 e. The first-order chi connectivity index (χ1) is 13.1. The van der Waals surface area contributed by atoms with E-state index in [-0.39, 0.29) is 0 Å². The minimum absolute atomic E-state index is 0.512. The molecule has 0 aliphatic rings. The average molecular weight is 376 g/mol.